The van der Waals surface area contributed by atoms with Gasteiger partial charge in [-0.05, 0) is 37.8 Å². The van der Waals surface area contributed by atoms with Crippen LogP contribution in [0.2, 0.25) is 0 Å². The summed E-state index contributed by atoms with van der Waals surface area (Å²) in [4.78, 5) is 54.7. The maximum atomic E-state index is 13.3. The molecule has 4 amide bonds. The number of guanidine groups is 1. The molecule has 0 radical (unpaired) electrons. The molecule has 3 rings (SSSR count). The van der Waals surface area contributed by atoms with Crippen LogP contribution < -0.4 is 16.4 Å². The number of carboxylic acids is 1. The largest absolute Gasteiger partial charge is 0.480 e. The standard InChI is InChI=1S/C22H33N7O6.ClH/c1-27(15-4-2-8-28(12-15)21(23)24)18(30)10-17(20(33)29(13-19(31)32)14-6-7-14)26-22(34)25-11-16-5-3-9-35-16;/h3,5,9,14-15,17H,2,4,6-8,10-13H2,1H3,(H3,23,24)(H,31,32)(H2,25,26,34);1H/t15-,17-;/m0./s1. The highest BCUT2D eigenvalue weighted by Gasteiger charge is 2.39. The summed E-state index contributed by atoms with van der Waals surface area (Å²) in [5.41, 5.74) is 5.60. The van der Waals surface area contributed by atoms with E-state index < -0.39 is 30.5 Å². The molecule has 36 heavy (non-hydrogen) atoms. The van der Waals surface area contributed by atoms with Crippen molar-refractivity contribution in [2.45, 2.75) is 56.8 Å². The predicted molar refractivity (Wildman–Crippen MR) is 131 cm³/mol. The van der Waals surface area contributed by atoms with Crippen molar-refractivity contribution < 1.29 is 28.7 Å². The Labute approximate surface area is 215 Å². The number of halogens is 1. The smallest absolute Gasteiger partial charge is 0.323 e. The van der Waals surface area contributed by atoms with E-state index in [9.17, 15) is 24.3 Å². The number of hydrogen-bond donors (Lipinski definition) is 5. The van der Waals surface area contributed by atoms with Crippen LogP contribution in [-0.4, -0.2) is 94.4 Å². The number of urea groups is 1. The lowest BCUT2D eigenvalue weighted by atomic mass is 10.0. The minimum absolute atomic E-state index is 0. The Morgan fingerprint density at radius 2 is 2.00 bits per heavy atom. The van der Waals surface area contributed by atoms with Gasteiger partial charge in [-0.2, -0.15) is 0 Å². The van der Waals surface area contributed by atoms with E-state index in [2.05, 4.69) is 10.6 Å². The predicted octanol–water partition coefficient (Wildman–Crippen LogP) is 0.151. The number of aliphatic carboxylic acids is 1. The van der Waals surface area contributed by atoms with Gasteiger partial charge in [0.05, 0.1) is 19.2 Å². The number of amides is 4. The van der Waals surface area contributed by atoms with Crippen molar-refractivity contribution in [1.29, 1.82) is 5.41 Å². The zero-order valence-electron chi connectivity index (χ0n) is 20.1. The molecule has 1 saturated carbocycles. The van der Waals surface area contributed by atoms with E-state index in [1.165, 1.54) is 16.1 Å². The molecule has 2 heterocycles. The fourth-order valence-corrected chi connectivity index (χ4v) is 4.12. The van der Waals surface area contributed by atoms with Gasteiger partial charge >= 0.3 is 12.0 Å². The minimum atomic E-state index is -1.24. The van der Waals surface area contributed by atoms with Crippen LogP contribution in [0.4, 0.5) is 4.79 Å². The number of nitrogens with zero attached hydrogens (tertiary/aromatic N) is 3. The zero-order chi connectivity index (χ0) is 25.5. The lowest BCUT2D eigenvalue weighted by Gasteiger charge is -2.38. The molecule has 14 heteroatoms. The van der Waals surface area contributed by atoms with E-state index in [0.29, 0.717) is 31.7 Å². The highest BCUT2D eigenvalue weighted by molar-refractivity contribution is 5.93. The Kier molecular flexibility index (Phi) is 10.4. The van der Waals surface area contributed by atoms with Gasteiger partial charge in [0, 0.05) is 32.2 Å². The summed E-state index contributed by atoms with van der Waals surface area (Å²) in [5, 5.41) is 22.0. The average molecular weight is 528 g/mol. The molecule has 2 atom stereocenters. The fourth-order valence-electron chi connectivity index (χ4n) is 4.12. The number of carbonyl (C=O) groups excluding carboxylic acids is 3. The molecule has 1 aromatic heterocycles. The van der Waals surface area contributed by atoms with Crippen LogP contribution in [0.25, 0.3) is 0 Å². The molecule has 2 fully saturated rings. The number of rotatable bonds is 10. The van der Waals surface area contributed by atoms with Crippen molar-refractivity contribution in [3.05, 3.63) is 24.2 Å². The zero-order valence-corrected chi connectivity index (χ0v) is 21.0. The van der Waals surface area contributed by atoms with Crippen LogP contribution in [0, 0.1) is 5.41 Å². The fraction of sp³-hybridized carbons (Fsp3) is 0.591. The molecule has 200 valence electrons. The quantitative estimate of drug-likeness (QED) is 0.210. The summed E-state index contributed by atoms with van der Waals surface area (Å²) in [7, 11) is 1.62. The molecule has 6 N–H and O–H groups in total. The van der Waals surface area contributed by atoms with E-state index in [0.717, 1.165) is 12.8 Å². The lowest BCUT2D eigenvalue weighted by Crippen LogP contribution is -2.56. The molecule has 1 saturated heterocycles. The third-order valence-corrected chi connectivity index (χ3v) is 6.24. The van der Waals surface area contributed by atoms with Crippen molar-refractivity contribution in [3.8, 4) is 0 Å². The Morgan fingerprint density at radius 3 is 2.58 bits per heavy atom. The number of nitrogens with one attached hydrogen (secondary N) is 3. The van der Waals surface area contributed by atoms with Gasteiger partial charge in [-0.1, -0.05) is 0 Å². The number of carbonyl (C=O) groups is 4. The summed E-state index contributed by atoms with van der Waals surface area (Å²) in [6, 6.07) is 1.01. The summed E-state index contributed by atoms with van der Waals surface area (Å²) in [6.45, 7) is 0.617. The van der Waals surface area contributed by atoms with Crippen LogP contribution in [0.5, 0.6) is 0 Å². The monoisotopic (exact) mass is 527 g/mol. The topological polar surface area (TPSA) is 185 Å². The van der Waals surface area contributed by atoms with Crippen LogP contribution in [-0.2, 0) is 20.9 Å². The second-order valence-corrected chi connectivity index (χ2v) is 8.89. The van der Waals surface area contributed by atoms with Crippen molar-refractivity contribution >= 4 is 42.2 Å². The molecule has 1 aliphatic carbocycles. The molecule has 1 aliphatic heterocycles. The first kappa shape index (κ1) is 28.8. The van der Waals surface area contributed by atoms with E-state index in [4.69, 9.17) is 15.6 Å². The van der Waals surface area contributed by atoms with Crippen LogP contribution in [0.3, 0.4) is 0 Å². The first-order chi connectivity index (χ1) is 16.7. The first-order valence-corrected chi connectivity index (χ1v) is 11.6. The van der Waals surface area contributed by atoms with Gasteiger partial charge in [-0.25, -0.2) is 4.79 Å². The number of hydrogen-bond acceptors (Lipinski definition) is 6. The number of nitrogens with two attached hydrogens (primary N) is 1. The number of likely N-dealkylation sites (N-methyl/N-ethyl adjacent to an activating group) is 1. The molecule has 1 aromatic rings. The molecule has 0 spiro atoms. The van der Waals surface area contributed by atoms with Gasteiger partial charge < -0.3 is 40.6 Å². The van der Waals surface area contributed by atoms with Crippen LogP contribution in [0.1, 0.15) is 37.9 Å². The van der Waals surface area contributed by atoms with Crippen molar-refractivity contribution in [2.24, 2.45) is 5.73 Å². The molecule has 2 aliphatic rings. The molecule has 0 bridgehead atoms. The highest BCUT2D eigenvalue weighted by atomic mass is 35.5. The van der Waals surface area contributed by atoms with Gasteiger partial charge in [-0.15, -0.1) is 12.4 Å². The van der Waals surface area contributed by atoms with E-state index >= 15 is 0 Å². The van der Waals surface area contributed by atoms with Gasteiger partial charge in [0.15, 0.2) is 5.96 Å². The maximum absolute atomic E-state index is 13.3. The number of likely N-dealkylation sites (tertiary alicyclic amines) is 1. The summed E-state index contributed by atoms with van der Waals surface area (Å²) >= 11 is 0. The molecule has 0 aromatic carbocycles. The first-order valence-electron chi connectivity index (χ1n) is 11.6. The molecular weight excluding hydrogens is 494 g/mol. The number of piperidine rings is 1. The van der Waals surface area contributed by atoms with Crippen molar-refractivity contribution in [1.82, 2.24) is 25.3 Å². The lowest BCUT2D eigenvalue weighted by molar-refractivity contribution is -0.146. The van der Waals surface area contributed by atoms with E-state index in [1.54, 1.807) is 24.1 Å². The second kappa shape index (κ2) is 13.0. The third kappa shape index (κ3) is 8.04. The summed E-state index contributed by atoms with van der Waals surface area (Å²) in [5.74, 6) is -1.71. The Bertz CT molecular complexity index is 939. The van der Waals surface area contributed by atoms with E-state index in [-0.39, 0.29) is 49.3 Å². The average Bonchev–Trinajstić information content (AvgIpc) is 3.54. The summed E-state index contributed by atoms with van der Waals surface area (Å²) in [6.07, 6.45) is 3.96. The SMILES string of the molecule is CN(C(=O)C[C@H](NC(=O)NCc1ccco1)C(=O)N(CC(=O)O)C1CC1)[C@H]1CCCN(C(=N)N)C1.Cl. The Balaban J connectivity index is 0.00000456. The van der Waals surface area contributed by atoms with Gasteiger partial charge in [0.25, 0.3) is 0 Å². The normalized spacial score (nSPS) is 17.8. The summed E-state index contributed by atoms with van der Waals surface area (Å²) < 4.78 is 5.18. The number of carboxylic acid groups (broad SMARTS) is 1. The van der Waals surface area contributed by atoms with E-state index in [1.807, 2.05) is 0 Å². The minimum Gasteiger partial charge on any atom is -0.480 e. The Hall–Kier alpha value is -3.48. The Morgan fingerprint density at radius 1 is 1.28 bits per heavy atom. The molecule has 13 nitrogen and oxygen atoms in total. The van der Waals surface area contributed by atoms with Crippen LogP contribution >= 0.6 is 12.4 Å². The maximum Gasteiger partial charge on any atom is 0.323 e. The van der Waals surface area contributed by atoms with Crippen molar-refractivity contribution in [3.63, 3.8) is 0 Å². The molecule has 0 unspecified atom stereocenters. The second-order valence-electron chi connectivity index (χ2n) is 8.89. The number of furan rings is 1. The van der Waals surface area contributed by atoms with Gasteiger partial charge in [0.1, 0.15) is 18.3 Å². The van der Waals surface area contributed by atoms with Gasteiger partial charge in [0.2, 0.25) is 11.8 Å². The van der Waals surface area contributed by atoms with Gasteiger partial charge in [-0.3, -0.25) is 19.8 Å². The third-order valence-electron chi connectivity index (χ3n) is 6.24. The molecular formula is C22H34ClN7O6. The highest BCUT2D eigenvalue weighted by Crippen LogP contribution is 2.27. The van der Waals surface area contributed by atoms with Crippen molar-refractivity contribution in [2.75, 3.05) is 26.7 Å². The van der Waals surface area contributed by atoms with Crippen LogP contribution in [0.15, 0.2) is 22.8 Å².